The van der Waals surface area contributed by atoms with Gasteiger partial charge in [0.25, 0.3) is 5.91 Å². The van der Waals surface area contributed by atoms with Crippen LogP contribution in [0.3, 0.4) is 0 Å². The maximum Gasteiger partial charge on any atom is 0.269 e. The molecule has 0 aliphatic heterocycles. The molecule has 2 amide bonds. The number of ether oxygens (including phenoxy) is 1. The van der Waals surface area contributed by atoms with Gasteiger partial charge in [0, 0.05) is 36.8 Å². The van der Waals surface area contributed by atoms with Crippen LogP contribution in [0.15, 0.2) is 78.6 Å². The minimum absolute atomic E-state index is 0.165. The Morgan fingerprint density at radius 2 is 1.82 bits per heavy atom. The molecule has 1 aromatic heterocycles. The van der Waals surface area contributed by atoms with Crippen molar-refractivity contribution in [3.05, 3.63) is 94.9 Å². The van der Waals surface area contributed by atoms with Crippen molar-refractivity contribution < 1.29 is 14.3 Å². The van der Waals surface area contributed by atoms with Crippen molar-refractivity contribution in [3.8, 4) is 17.7 Å². The molecule has 11 heteroatoms. The summed E-state index contributed by atoms with van der Waals surface area (Å²) < 4.78 is 5.67. The number of hydrazine groups is 2. The Morgan fingerprint density at radius 3 is 2.47 bits per heavy atom. The average molecular weight is 534 g/mol. The maximum absolute atomic E-state index is 13.0. The third kappa shape index (κ3) is 8.23. The van der Waals surface area contributed by atoms with Crippen LogP contribution in [-0.4, -0.2) is 28.2 Å². The SMILES string of the molecule is CCC(=O)N(CC)/C(=C/NNNc1ccc(Oc2cccc(C#N)n2)cc1)C(=O)NCc1ccc(Cl)cc1. The van der Waals surface area contributed by atoms with E-state index in [1.807, 2.05) is 18.2 Å². The number of pyridine rings is 1. The molecule has 0 unspecified atom stereocenters. The fourth-order valence-electron chi connectivity index (χ4n) is 3.29. The van der Waals surface area contributed by atoms with Crippen LogP contribution in [0, 0.1) is 11.3 Å². The highest BCUT2D eigenvalue weighted by atomic mass is 35.5. The van der Waals surface area contributed by atoms with Gasteiger partial charge in [-0.15, -0.1) is 0 Å². The van der Waals surface area contributed by atoms with Gasteiger partial charge in [0.15, 0.2) is 0 Å². The van der Waals surface area contributed by atoms with Gasteiger partial charge in [-0.3, -0.25) is 9.59 Å². The Hall–Kier alpha value is -4.59. The number of carbonyl (C=O) groups is 2. The largest absolute Gasteiger partial charge is 0.439 e. The first-order valence-electron chi connectivity index (χ1n) is 11.9. The van der Waals surface area contributed by atoms with E-state index in [1.54, 1.807) is 68.4 Å². The molecule has 3 rings (SSSR count). The lowest BCUT2D eigenvalue weighted by Crippen LogP contribution is -2.41. The van der Waals surface area contributed by atoms with Crippen molar-refractivity contribution in [2.24, 2.45) is 0 Å². The van der Waals surface area contributed by atoms with Crippen molar-refractivity contribution in [1.29, 1.82) is 5.26 Å². The summed E-state index contributed by atoms with van der Waals surface area (Å²) >= 11 is 5.92. The number of amides is 2. The summed E-state index contributed by atoms with van der Waals surface area (Å²) in [7, 11) is 0. The number of rotatable bonds is 12. The van der Waals surface area contributed by atoms with E-state index in [2.05, 4.69) is 26.7 Å². The minimum Gasteiger partial charge on any atom is -0.439 e. The summed E-state index contributed by atoms with van der Waals surface area (Å²) in [5, 5.41) is 12.4. The van der Waals surface area contributed by atoms with E-state index in [-0.39, 0.29) is 30.3 Å². The molecule has 4 N–H and O–H groups in total. The molecule has 0 saturated heterocycles. The van der Waals surface area contributed by atoms with E-state index < -0.39 is 5.91 Å². The number of hydrogen-bond acceptors (Lipinski definition) is 8. The predicted molar refractivity (Wildman–Crippen MR) is 144 cm³/mol. The lowest BCUT2D eigenvalue weighted by atomic mass is 10.2. The summed E-state index contributed by atoms with van der Waals surface area (Å²) in [6, 6.07) is 21.1. The number of nitriles is 1. The first-order chi connectivity index (χ1) is 18.4. The number of halogens is 1. The van der Waals surface area contributed by atoms with Crippen molar-refractivity contribution in [2.45, 2.75) is 26.8 Å². The van der Waals surface area contributed by atoms with Gasteiger partial charge in [-0.25, -0.2) is 4.98 Å². The Bertz CT molecular complexity index is 1310. The molecule has 1 heterocycles. The molecule has 0 saturated carbocycles. The summed E-state index contributed by atoms with van der Waals surface area (Å²) in [6.07, 6.45) is 1.68. The first-order valence-corrected chi connectivity index (χ1v) is 12.3. The van der Waals surface area contributed by atoms with Gasteiger partial charge in [0.05, 0.1) is 5.69 Å². The molecule has 38 heavy (non-hydrogen) atoms. The summed E-state index contributed by atoms with van der Waals surface area (Å²) in [6.45, 7) is 4.15. The number of nitrogens with zero attached hydrogens (tertiary/aromatic N) is 3. The van der Waals surface area contributed by atoms with Crippen molar-refractivity contribution >= 4 is 29.1 Å². The highest BCUT2D eigenvalue weighted by Crippen LogP contribution is 2.21. The summed E-state index contributed by atoms with van der Waals surface area (Å²) in [5.41, 5.74) is 10.6. The van der Waals surface area contributed by atoms with E-state index in [4.69, 9.17) is 21.6 Å². The second-order valence-electron chi connectivity index (χ2n) is 7.82. The standard InChI is InChI=1S/C27H28ClN7O3/c1-3-26(36)35(4-2)24(27(37)30-17-19-8-10-20(28)11-9-19)18-31-34-33-21-12-14-23(15-13-21)38-25-7-5-6-22(16-29)32-25/h5-15,18,31,33-34H,3-4,17H2,1-2H3,(H,30,37)/b24-18+. The molecule has 0 spiro atoms. The third-order valence-corrected chi connectivity index (χ3v) is 5.46. The zero-order chi connectivity index (χ0) is 27.3. The van der Waals surface area contributed by atoms with Gasteiger partial charge in [0.2, 0.25) is 11.8 Å². The normalized spacial score (nSPS) is 10.7. The van der Waals surface area contributed by atoms with Crippen LogP contribution in [0.5, 0.6) is 11.6 Å². The molecule has 0 aliphatic rings. The minimum atomic E-state index is -0.409. The molecule has 196 valence electrons. The van der Waals surface area contributed by atoms with Crippen LogP contribution in [0.4, 0.5) is 5.69 Å². The van der Waals surface area contributed by atoms with Crippen molar-refractivity contribution in [3.63, 3.8) is 0 Å². The van der Waals surface area contributed by atoms with Crippen LogP contribution in [-0.2, 0) is 16.1 Å². The van der Waals surface area contributed by atoms with Crippen molar-refractivity contribution in [2.75, 3.05) is 12.0 Å². The van der Waals surface area contributed by atoms with Crippen LogP contribution in [0.25, 0.3) is 0 Å². The van der Waals surface area contributed by atoms with Gasteiger partial charge in [-0.2, -0.15) is 10.8 Å². The van der Waals surface area contributed by atoms with E-state index in [1.165, 1.54) is 11.1 Å². The van der Waals surface area contributed by atoms with Gasteiger partial charge >= 0.3 is 0 Å². The quantitative estimate of drug-likeness (QED) is 0.154. The lowest BCUT2D eigenvalue weighted by molar-refractivity contribution is -0.132. The zero-order valence-electron chi connectivity index (χ0n) is 21.0. The van der Waals surface area contributed by atoms with Gasteiger partial charge in [0.1, 0.15) is 23.2 Å². The van der Waals surface area contributed by atoms with Crippen LogP contribution >= 0.6 is 11.6 Å². The molecular weight excluding hydrogens is 506 g/mol. The Kier molecular flexibility index (Phi) is 10.5. The van der Waals surface area contributed by atoms with Crippen LogP contribution in [0.2, 0.25) is 5.02 Å². The summed E-state index contributed by atoms with van der Waals surface area (Å²) in [4.78, 5) is 30.9. The Morgan fingerprint density at radius 1 is 1.08 bits per heavy atom. The topological polar surface area (TPSA) is 131 Å². The molecule has 10 nitrogen and oxygen atoms in total. The lowest BCUT2D eigenvalue weighted by Gasteiger charge is -2.23. The van der Waals surface area contributed by atoms with Crippen molar-refractivity contribution in [1.82, 2.24) is 26.2 Å². The molecule has 0 bridgehead atoms. The average Bonchev–Trinajstić information content (AvgIpc) is 2.94. The number of carbonyl (C=O) groups excluding carboxylic acids is 2. The number of hydrogen-bond donors (Lipinski definition) is 4. The van der Waals surface area contributed by atoms with Gasteiger partial charge in [-0.1, -0.05) is 36.7 Å². The van der Waals surface area contributed by atoms with Gasteiger partial charge < -0.3 is 25.8 Å². The number of nitrogens with one attached hydrogen (secondary N) is 4. The monoisotopic (exact) mass is 533 g/mol. The highest BCUT2D eigenvalue weighted by molar-refractivity contribution is 6.30. The van der Waals surface area contributed by atoms with E-state index >= 15 is 0 Å². The second-order valence-corrected chi connectivity index (χ2v) is 8.26. The predicted octanol–water partition coefficient (Wildman–Crippen LogP) is 4.24. The molecule has 0 atom stereocenters. The smallest absolute Gasteiger partial charge is 0.269 e. The fraction of sp³-hybridized carbons (Fsp3) is 0.185. The number of aromatic nitrogens is 1. The second kappa shape index (κ2) is 14.2. The van der Waals surface area contributed by atoms with E-state index in [0.29, 0.717) is 28.9 Å². The third-order valence-electron chi connectivity index (χ3n) is 5.21. The molecule has 0 aliphatic carbocycles. The Labute approximate surface area is 226 Å². The molecule has 0 radical (unpaired) electrons. The fourth-order valence-corrected chi connectivity index (χ4v) is 3.41. The maximum atomic E-state index is 13.0. The van der Waals surface area contributed by atoms with E-state index in [0.717, 1.165) is 5.56 Å². The summed E-state index contributed by atoms with van der Waals surface area (Å²) in [5.74, 6) is 0.273. The zero-order valence-corrected chi connectivity index (χ0v) is 21.7. The molecular formula is C27H28ClN7O3. The number of likely N-dealkylation sites (N-methyl/N-ethyl adjacent to an activating group) is 1. The molecule has 2 aromatic carbocycles. The van der Waals surface area contributed by atoms with Gasteiger partial charge in [-0.05, 0) is 55.0 Å². The van der Waals surface area contributed by atoms with Crippen LogP contribution < -0.4 is 26.4 Å². The molecule has 3 aromatic rings. The molecule has 0 fully saturated rings. The number of anilines is 1. The van der Waals surface area contributed by atoms with E-state index in [9.17, 15) is 9.59 Å². The number of benzene rings is 2. The Balaban J connectivity index is 1.60. The highest BCUT2D eigenvalue weighted by Gasteiger charge is 2.21. The van der Waals surface area contributed by atoms with Crippen LogP contribution in [0.1, 0.15) is 31.5 Å². The first kappa shape index (κ1) is 28.0.